The third-order valence-electron chi connectivity index (χ3n) is 4.89. The van der Waals surface area contributed by atoms with Crippen molar-refractivity contribution in [2.24, 2.45) is 0 Å². The van der Waals surface area contributed by atoms with E-state index < -0.39 is 0 Å². The highest BCUT2D eigenvalue weighted by Gasteiger charge is 2.19. The minimum absolute atomic E-state index is 0.265. The van der Waals surface area contributed by atoms with Gasteiger partial charge in [-0.1, -0.05) is 60.7 Å². The summed E-state index contributed by atoms with van der Waals surface area (Å²) in [6.45, 7) is 1.87. The number of carbonyl (C=O) groups is 1. The normalized spacial score (nSPS) is 12.1. The standard InChI is InChI=1S/C24H20O3/c1-16(18-10-11-20-15-21(26-2)13-12-19(20)14-18)24(25)27-23-9-5-7-17-6-3-4-8-22(17)23/h3-16H,1-2H3. The summed E-state index contributed by atoms with van der Waals surface area (Å²) in [4.78, 5) is 12.8. The van der Waals surface area contributed by atoms with E-state index in [4.69, 9.17) is 9.47 Å². The Hall–Kier alpha value is -3.33. The molecule has 0 heterocycles. The van der Waals surface area contributed by atoms with E-state index in [1.54, 1.807) is 7.11 Å². The van der Waals surface area contributed by atoms with Gasteiger partial charge in [-0.2, -0.15) is 0 Å². The average molecular weight is 356 g/mol. The van der Waals surface area contributed by atoms with Crippen LogP contribution in [0.3, 0.4) is 0 Å². The molecule has 0 spiro atoms. The first-order valence-corrected chi connectivity index (χ1v) is 8.93. The Labute approximate surface area is 158 Å². The van der Waals surface area contributed by atoms with Gasteiger partial charge in [0.15, 0.2) is 0 Å². The largest absolute Gasteiger partial charge is 0.497 e. The first kappa shape index (κ1) is 17.1. The molecule has 3 heteroatoms. The topological polar surface area (TPSA) is 35.5 Å². The lowest BCUT2D eigenvalue weighted by Crippen LogP contribution is -2.16. The summed E-state index contributed by atoms with van der Waals surface area (Å²) in [6.07, 6.45) is 0. The molecular formula is C24H20O3. The van der Waals surface area contributed by atoms with Crippen LogP contribution >= 0.6 is 0 Å². The van der Waals surface area contributed by atoms with Crippen LogP contribution in [0.5, 0.6) is 11.5 Å². The van der Waals surface area contributed by atoms with Crippen molar-refractivity contribution >= 4 is 27.5 Å². The summed E-state index contributed by atoms with van der Waals surface area (Å²) in [7, 11) is 1.65. The molecule has 0 fully saturated rings. The first-order valence-electron chi connectivity index (χ1n) is 8.93. The Bertz CT molecular complexity index is 1130. The van der Waals surface area contributed by atoms with E-state index in [0.29, 0.717) is 5.75 Å². The fourth-order valence-corrected chi connectivity index (χ4v) is 3.26. The van der Waals surface area contributed by atoms with E-state index >= 15 is 0 Å². The van der Waals surface area contributed by atoms with Crippen molar-refractivity contribution in [2.45, 2.75) is 12.8 Å². The van der Waals surface area contributed by atoms with Gasteiger partial charge in [-0.05, 0) is 46.8 Å². The van der Waals surface area contributed by atoms with Gasteiger partial charge < -0.3 is 9.47 Å². The van der Waals surface area contributed by atoms with Gasteiger partial charge in [0.25, 0.3) is 0 Å². The molecule has 4 aromatic rings. The van der Waals surface area contributed by atoms with E-state index in [9.17, 15) is 4.79 Å². The van der Waals surface area contributed by atoms with E-state index in [0.717, 1.165) is 32.9 Å². The summed E-state index contributed by atoms with van der Waals surface area (Å²) in [6, 6.07) is 25.5. The molecular weight excluding hydrogens is 336 g/mol. The SMILES string of the molecule is COc1ccc2cc(C(C)C(=O)Oc3cccc4ccccc34)ccc2c1. The molecule has 3 nitrogen and oxygen atoms in total. The predicted octanol–water partition coefficient (Wildman–Crippen LogP) is 5.71. The highest BCUT2D eigenvalue weighted by molar-refractivity contribution is 5.92. The van der Waals surface area contributed by atoms with Crippen molar-refractivity contribution in [3.05, 3.63) is 84.4 Å². The van der Waals surface area contributed by atoms with Gasteiger partial charge >= 0.3 is 5.97 Å². The number of benzene rings is 4. The Morgan fingerprint density at radius 1 is 0.815 bits per heavy atom. The number of ether oxygens (including phenoxy) is 2. The molecule has 0 aliphatic heterocycles. The number of fused-ring (bicyclic) bond motifs is 2. The van der Waals surface area contributed by atoms with Crippen molar-refractivity contribution in [3.63, 3.8) is 0 Å². The predicted molar refractivity (Wildman–Crippen MR) is 108 cm³/mol. The lowest BCUT2D eigenvalue weighted by atomic mass is 9.97. The third-order valence-corrected chi connectivity index (χ3v) is 4.89. The second kappa shape index (κ2) is 7.12. The van der Waals surface area contributed by atoms with Crippen molar-refractivity contribution in [3.8, 4) is 11.5 Å². The first-order chi connectivity index (χ1) is 13.2. The van der Waals surface area contributed by atoms with Gasteiger partial charge in [0.2, 0.25) is 0 Å². The van der Waals surface area contributed by atoms with Crippen LogP contribution in [0.4, 0.5) is 0 Å². The smallest absolute Gasteiger partial charge is 0.318 e. The minimum atomic E-state index is -0.365. The summed E-state index contributed by atoms with van der Waals surface area (Å²) < 4.78 is 11.0. The number of methoxy groups -OCH3 is 1. The van der Waals surface area contributed by atoms with Crippen LogP contribution in [0.1, 0.15) is 18.4 Å². The van der Waals surface area contributed by atoms with Crippen LogP contribution in [0.15, 0.2) is 78.9 Å². The molecule has 134 valence electrons. The lowest BCUT2D eigenvalue weighted by molar-refractivity contribution is -0.135. The maximum atomic E-state index is 12.8. The van der Waals surface area contributed by atoms with E-state index in [2.05, 4.69) is 0 Å². The van der Waals surface area contributed by atoms with Crippen molar-refractivity contribution in [2.75, 3.05) is 7.11 Å². The molecule has 0 saturated carbocycles. The van der Waals surface area contributed by atoms with Gasteiger partial charge in [0.05, 0.1) is 13.0 Å². The molecule has 0 amide bonds. The fourth-order valence-electron chi connectivity index (χ4n) is 3.26. The zero-order valence-corrected chi connectivity index (χ0v) is 15.3. The molecule has 4 rings (SSSR count). The second-order valence-electron chi connectivity index (χ2n) is 6.59. The summed E-state index contributed by atoms with van der Waals surface area (Å²) in [5, 5.41) is 4.13. The van der Waals surface area contributed by atoms with Gasteiger partial charge in [-0.15, -0.1) is 0 Å². The van der Waals surface area contributed by atoms with Crippen LogP contribution in [0, 0.1) is 0 Å². The maximum absolute atomic E-state index is 12.8. The Morgan fingerprint density at radius 2 is 1.56 bits per heavy atom. The highest BCUT2D eigenvalue weighted by atomic mass is 16.5. The third kappa shape index (κ3) is 3.36. The van der Waals surface area contributed by atoms with Gasteiger partial charge in [-0.25, -0.2) is 0 Å². The maximum Gasteiger partial charge on any atom is 0.318 e. The molecule has 0 saturated heterocycles. The second-order valence-corrected chi connectivity index (χ2v) is 6.59. The zero-order chi connectivity index (χ0) is 18.8. The number of esters is 1. The minimum Gasteiger partial charge on any atom is -0.497 e. The molecule has 0 radical (unpaired) electrons. The lowest BCUT2D eigenvalue weighted by Gasteiger charge is -2.14. The number of hydrogen-bond donors (Lipinski definition) is 0. The van der Waals surface area contributed by atoms with Crippen LogP contribution in [-0.2, 0) is 4.79 Å². The summed E-state index contributed by atoms with van der Waals surface area (Å²) in [5.41, 5.74) is 0.929. The van der Waals surface area contributed by atoms with E-state index in [1.807, 2.05) is 85.8 Å². The molecule has 0 aliphatic rings. The number of hydrogen-bond acceptors (Lipinski definition) is 3. The quantitative estimate of drug-likeness (QED) is 0.347. The Morgan fingerprint density at radius 3 is 2.41 bits per heavy atom. The van der Waals surface area contributed by atoms with Crippen molar-refractivity contribution in [1.82, 2.24) is 0 Å². The summed E-state index contributed by atoms with van der Waals surface area (Å²) in [5.74, 6) is 0.781. The van der Waals surface area contributed by atoms with Crippen LogP contribution < -0.4 is 9.47 Å². The number of carbonyl (C=O) groups excluding carboxylic acids is 1. The van der Waals surface area contributed by atoms with E-state index in [1.165, 1.54) is 0 Å². The van der Waals surface area contributed by atoms with E-state index in [-0.39, 0.29) is 11.9 Å². The van der Waals surface area contributed by atoms with Gasteiger partial charge in [0.1, 0.15) is 11.5 Å². The van der Waals surface area contributed by atoms with Gasteiger partial charge in [0, 0.05) is 5.39 Å². The monoisotopic (exact) mass is 356 g/mol. The molecule has 4 aromatic carbocycles. The molecule has 1 atom stereocenters. The van der Waals surface area contributed by atoms with Crippen molar-refractivity contribution in [1.29, 1.82) is 0 Å². The van der Waals surface area contributed by atoms with Gasteiger partial charge in [-0.3, -0.25) is 4.79 Å². The molecule has 0 aliphatic carbocycles. The highest BCUT2D eigenvalue weighted by Crippen LogP contribution is 2.29. The van der Waals surface area contributed by atoms with Crippen LogP contribution in [-0.4, -0.2) is 13.1 Å². The molecule has 0 aromatic heterocycles. The van der Waals surface area contributed by atoms with Crippen LogP contribution in [0.2, 0.25) is 0 Å². The molecule has 0 N–H and O–H groups in total. The molecule has 27 heavy (non-hydrogen) atoms. The average Bonchev–Trinajstić information content (AvgIpc) is 2.72. The fraction of sp³-hybridized carbons (Fsp3) is 0.125. The zero-order valence-electron chi connectivity index (χ0n) is 15.3. The Kier molecular flexibility index (Phi) is 4.51. The summed E-state index contributed by atoms with van der Waals surface area (Å²) >= 11 is 0. The molecule has 0 bridgehead atoms. The van der Waals surface area contributed by atoms with Crippen molar-refractivity contribution < 1.29 is 14.3 Å². The Balaban J connectivity index is 1.61. The van der Waals surface area contributed by atoms with Crippen LogP contribution in [0.25, 0.3) is 21.5 Å². The number of rotatable bonds is 4. The molecule has 1 unspecified atom stereocenters.